The van der Waals surface area contributed by atoms with Crippen LogP contribution in [0.3, 0.4) is 0 Å². The molecular formula is C20H38O11Si2. The highest BCUT2D eigenvalue weighted by molar-refractivity contribution is 6.62. The molecule has 0 amide bonds. The van der Waals surface area contributed by atoms with E-state index in [2.05, 4.69) is 20.5 Å². The summed E-state index contributed by atoms with van der Waals surface area (Å²) in [7, 11) is -2.47. The molecule has 0 rings (SSSR count). The van der Waals surface area contributed by atoms with E-state index in [4.69, 9.17) is 18.0 Å². The smallest absolute Gasteiger partial charge is 0.529 e. The highest BCUT2D eigenvalue weighted by Crippen LogP contribution is 2.21. The van der Waals surface area contributed by atoms with Crippen LogP contribution in [0.5, 0.6) is 0 Å². The Morgan fingerprint density at radius 3 is 1.39 bits per heavy atom. The van der Waals surface area contributed by atoms with Gasteiger partial charge in [-0.25, -0.2) is 4.79 Å². The predicted octanol–water partition coefficient (Wildman–Crippen LogP) is 1.50. The number of rotatable bonds is 12. The fourth-order valence-electron chi connectivity index (χ4n) is 1.85. The maximum atomic E-state index is 11.4. The number of esters is 3. The lowest BCUT2D eigenvalue weighted by atomic mass is 10.5. The number of hydrogen-bond acceptors (Lipinski definition) is 11. The van der Waals surface area contributed by atoms with Crippen LogP contribution < -0.4 is 0 Å². The minimum Gasteiger partial charge on any atom is -0.529 e. The van der Waals surface area contributed by atoms with Gasteiger partial charge in [-0.3, -0.25) is 14.4 Å². The molecule has 1 atom stereocenters. The van der Waals surface area contributed by atoms with Crippen molar-refractivity contribution >= 4 is 43.2 Å². The first-order chi connectivity index (χ1) is 15.5. The highest BCUT2D eigenvalue weighted by atomic mass is 28.4. The van der Waals surface area contributed by atoms with Crippen LogP contribution in [-0.4, -0.2) is 68.7 Å². The van der Waals surface area contributed by atoms with Crippen LogP contribution >= 0.6 is 0 Å². The van der Waals surface area contributed by atoms with Gasteiger partial charge in [-0.1, -0.05) is 13.5 Å². The van der Waals surface area contributed by atoms with Gasteiger partial charge in [0.25, 0.3) is 5.97 Å². The van der Waals surface area contributed by atoms with Crippen LogP contribution in [0.15, 0.2) is 25.2 Å². The summed E-state index contributed by atoms with van der Waals surface area (Å²) < 4.78 is 35.2. The summed E-state index contributed by atoms with van der Waals surface area (Å²) >= 11 is 0. The first-order valence-electron chi connectivity index (χ1n) is 10.3. The molecule has 0 radical (unpaired) electrons. The van der Waals surface area contributed by atoms with Gasteiger partial charge in [0.2, 0.25) is 10.5 Å². The van der Waals surface area contributed by atoms with Gasteiger partial charge in [0.1, 0.15) is 12.5 Å². The van der Waals surface area contributed by atoms with Gasteiger partial charge in [-0.2, -0.15) is 0 Å². The molecule has 0 saturated heterocycles. The lowest BCUT2D eigenvalue weighted by molar-refractivity contribution is -0.143. The summed E-state index contributed by atoms with van der Waals surface area (Å²) in [6.45, 7) is 16.1. The predicted molar refractivity (Wildman–Crippen MR) is 125 cm³/mol. The van der Waals surface area contributed by atoms with Crippen LogP contribution in [0.25, 0.3) is 0 Å². The van der Waals surface area contributed by atoms with Crippen molar-refractivity contribution in [3.05, 3.63) is 25.2 Å². The number of carbonyl (C=O) groups excluding carboxylic acids is 4. The Morgan fingerprint density at radius 1 is 0.818 bits per heavy atom. The molecule has 0 aliphatic heterocycles. The van der Waals surface area contributed by atoms with Gasteiger partial charge in [0, 0.05) is 46.7 Å². The molecule has 11 nitrogen and oxygen atoms in total. The normalized spacial score (nSPS) is 11.1. The van der Waals surface area contributed by atoms with Crippen molar-refractivity contribution in [1.82, 2.24) is 0 Å². The van der Waals surface area contributed by atoms with Crippen LogP contribution in [0.2, 0.25) is 0 Å². The Labute approximate surface area is 200 Å². The molecule has 0 bridgehead atoms. The van der Waals surface area contributed by atoms with Crippen molar-refractivity contribution in [3.63, 3.8) is 0 Å². The van der Waals surface area contributed by atoms with Crippen molar-refractivity contribution < 1.29 is 51.1 Å². The van der Waals surface area contributed by atoms with Crippen molar-refractivity contribution in [3.8, 4) is 0 Å². The van der Waals surface area contributed by atoms with Gasteiger partial charge in [0.05, 0.1) is 0 Å². The number of ether oxygens (including phenoxy) is 3. The van der Waals surface area contributed by atoms with E-state index in [0.29, 0.717) is 36.7 Å². The Hall–Kier alpha value is -2.33. The van der Waals surface area contributed by atoms with Gasteiger partial charge in [-0.15, -0.1) is 0 Å². The van der Waals surface area contributed by atoms with E-state index in [9.17, 15) is 19.2 Å². The fourth-order valence-corrected chi connectivity index (χ4v) is 4.62. The van der Waals surface area contributed by atoms with Crippen LogP contribution in [0.4, 0.5) is 0 Å². The van der Waals surface area contributed by atoms with E-state index < -0.39 is 32.4 Å². The molecule has 0 fully saturated rings. The third-order valence-electron chi connectivity index (χ3n) is 3.04. The molecular weight excluding hydrogens is 472 g/mol. The van der Waals surface area contributed by atoms with E-state index >= 15 is 0 Å². The third kappa shape index (κ3) is 21.3. The summed E-state index contributed by atoms with van der Waals surface area (Å²) in [5.41, 5.74) is -0.497. The molecule has 0 saturated carbocycles. The van der Waals surface area contributed by atoms with E-state index in [1.807, 2.05) is 27.7 Å². The van der Waals surface area contributed by atoms with Crippen molar-refractivity contribution in [2.45, 2.75) is 60.6 Å². The summed E-state index contributed by atoms with van der Waals surface area (Å²) in [5.74, 6) is -1.58. The largest absolute Gasteiger partial charge is 0.544 e. The Bertz CT molecular complexity index is 574. The minimum atomic E-state index is -2.99. The maximum absolute atomic E-state index is 11.4. The zero-order valence-corrected chi connectivity index (χ0v) is 23.8. The Morgan fingerprint density at radius 2 is 1.18 bits per heavy atom. The standard InChI is InChI=1S/C12H24O5Si.C6H8O4.C2H6O2Si/c1-6-11(13)17-12(7-2)18(14-8-3,15-9-4)16-10-5;1-5(7)9-3-4-10-6(2)8;1-2(3)4-5/h6,12H,1,7-10H2,2-5H3;3-4H,1-2H3;1,5H3. The van der Waals surface area contributed by atoms with Crippen molar-refractivity contribution in [2.24, 2.45) is 0 Å². The van der Waals surface area contributed by atoms with E-state index in [-0.39, 0.29) is 5.97 Å². The molecule has 0 heterocycles. The van der Waals surface area contributed by atoms with Gasteiger partial charge in [0.15, 0.2) is 5.73 Å². The Kier molecular flexibility index (Phi) is 24.4. The second-order valence-electron chi connectivity index (χ2n) is 5.63. The lowest BCUT2D eigenvalue weighted by Crippen LogP contribution is -2.57. The SMILES string of the molecule is C=CC(=O)OC(CC)[Si](OCC)(OCC)OCC.CC(=O)OC=COC(C)=O.CC(=O)O[SiH3]. The molecule has 0 aromatic rings. The first kappa shape index (κ1) is 35.3. The summed E-state index contributed by atoms with van der Waals surface area (Å²) in [6.07, 6.45) is 3.71. The van der Waals surface area contributed by atoms with Crippen molar-refractivity contribution in [1.29, 1.82) is 0 Å². The third-order valence-corrected chi connectivity index (χ3v) is 7.00. The molecule has 0 aromatic heterocycles. The van der Waals surface area contributed by atoms with Gasteiger partial charge < -0.3 is 31.9 Å². The highest BCUT2D eigenvalue weighted by Gasteiger charge is 2.51. The van der Waals surface area contributed by atoms with Gasteiger partial charge in [-0.05, 0) is 27.2 Å². The summed E-state index contributed by atoms with van der Waals surface area (Å²) in [6, 6.07) is 0. The zero-order valence-electron chi connectivity index (χ0n) is 20.8. The first-order valence-corrected chi connectivity index (χ1v) is 12.9. The van der Waals surface area contributed by atoms with Crippen LogP contribution in [0.1, 0.15) is 54.9 Å². The van der Waals surface area contributed by atoms with Crippen LogP contribution in [-0.2, 0) is 51.1 Å². The molecule has 0 aliphatic carbocycles. The fraction of sp³-hybridized carbons (Fsp3) is 0.600. The lowest BCUT2D eigenvalue weighted by Gasteiger charge is -2.33. The Balaban J connectivity index is -0.000000500. The second-order valence-corrected chi connectivity index (χ2v) is 8.75. The second kappa shape index (κ2) is 22.9. The summed E-state index contributed by atoms with van der Waals surface area (Å²) in [5, 5.41) is 0. The average Bonchev–Trinajstić information content (AvgIpc) is 2.75. The molecule has 192 valence electrons. The molecule has 33 heavy (non-hydrogen) atoms. The zero-order chi connectivity index (χ0) is 26.3. The van der Waals surface area contributed by atoms with Gasteiger partial charge >= 0.3 is 26.7 Å². The topological polar surface area (TPSA) is 133 Å². The number of hydrogen-bond donors (Lipinski definition) is 0. The molecule has 0 aromatic carbocycles. The quantitative estimate of drug-likeness (QED) is 0.124. The van der Waals surface area contributed by atoms with E-state index in [1.165, 1.54) is 20.8 Å². The molecule has 1 unspecified atom stereocenters. The summed E-state index contributed by atoms with van der Waals surface area (Å²) in [4.78, 5) is 41.1. The number of carbonyl (C=O) groups is 4. The van der Waals surface area contributed by atoms with Crippen LogP contribution in [0, 0.1) is 0 Å². The molecule has 0 aliphatic rings. The van der Waals surface area contributed by atoms with Crippen molar-refractivity contribution in [2.75, 3.05) is 19.8 Å². The van der Waals surface area contributed by atoms with E-state index in [0.717, 1.165) is 18.6 Å². The maximum Gasteiger partial charge on any atom is 0.544 e. The molecule has 0 spiro atoms. The monoisotopic (exact) mass is 510 g/mol. The average molecular weight is 511 g/mol. The van der Waals surface area contributed by atoms with E-state index in [1.54, 1.807) is 0 Å². The molecule has 13 heteroatoms. The minimum absolute atomic E-state index is 0.184. The molecule has 0 N–H and O–H groups in total.